The molecule has 0 aromatic carbocycles. The highest BCUT2D eigenvalue weighted by atomic mass is 16.3. The lowest BCUT2D eigenvalue weighted by molar-refractivity contribution is 0.162. The maximum Gasteiger partial charge on any atom is 0.0613 e. The van der Waals surface area contributed by atoms with E-state index in [0.29, 0.717) is 0 Å². The van der Waals surface area contributed by atoms with Crippen LogP contribution in [0, 0.1) is 6.92 Å². The molecule has 4 heteroatoms. The van der Waals surface area contributed by atoms with Crippen LogP contribution in [0.2, 0.25) is 0 Å². The molecule has 1 aliphatic rings. The summed E-state index contributed by atoms with van der Waals surface area (Å²) in [5.41, 5.74) is 2.23. The molecule has 17 heavy (non-hydrogen) atoms. The second-order valence-electron chi connectivity index (χ2n) is 5.09. The number of aliphatic hydroxyl groups is 1. The zero-order valence-corrected chi connectivity index (χ0v) is 10.9. The lowest BCUT2D eigenvalue weighted by Crippen LogP contribution is -2.45. The third-order valence-electron chi connectivity index (χ3n) is 3.79. The molecule has 0 aliphatic heterocycles. The first-order valence-corrected chi connectivity index (χ1v) is 6.58. The van der Waals surface area contributed by atoms with Crippen LogP contribution in [-0.4, -0.2) is 27.0 Å². The molecule has 0 unspecified atom stereocenters. The molecule has 2 N–H and O–H groups in total. The minimum atomic E-state index is -0.0449. The molecule has 0 amide bonds. The monoisotopic (exact) mass is 237 g/mol. The van der Waals surface area contributed by atoms with E-state index in [9.17, 15) is 5.11 Å². The van der Waals surface area contributed by atoms with E-state index in [2.05, 4.69) is 23.4 Å². The largest absolute Gasteiger partial charge is 0.394 e. The Labute approximate surface area is 103 Å². The molecule has 0 atom stereocenters. The normalized spacial score (nSPS) is 18.8. The summed E-state index contributed by atoms with van der Waals surface area (Å²) in [5.74, 6) is 0. The summed E-state index contributed by atoms with van der Waals surface area (Å²) in [4.78, 5) is 0. The number of aryl methyl sites for hydroxylation is 2. The van der Waals surface area contributed by atoms with Gasteiger partial charge < -0.3 is 10.4 Å². The van der Waals surface area contributed by atoms with E-state index < -0.39 is 0 Å². The highest BCUT2D eigenvalue weighted by Gasteiger charge is 2.32. The Kier molecular flexibility index (Phi) is 3.84. The van der Waals surface area contributed by atoms with Crippen LogP contribution < -0.4 is 5.32 Å². The van der Waals surface area contributed by atoms with Crippen LogP contribution in [0.3, 0.4) is 0 Å². The molecule has 0 radical (unpaired) electrons. The zero-order chi connectivity index (χ0) is 12.3. The molecule has 2 rings (SSSR count). The Bertz CT molecular complexity index is 367. The second kappa shape index (κ2) is 5.19. The fourth-order valence-electron chi connectivity index (χ4n) is 2.74. The Balaban J connectivity index is 2.01. The van der Waals surface area contributed by atoms with Gasteiger partial charge in [-0.15, -0.1) is 0 Å². The smallest absolute Gasteiger partial charge is 0.0613 e. The Morgan fingerprint density at radius 1 is 1.47 bits per heavy atom. The highest BCUT2D eigenvalue weighted by Crippen LogP contribution is 2.29. The molecular formula is C13H23N3O. The maximum absolute atomic E-state index is 9.54. The first kappa shape index (κ1) is 12.6. The molecule has 0 bridgehead atoms. The van der Waals surface area contributed by atoms with Crippen LogP contribution in [0.25, 0.3) is 0 Å². The highest BCUT2D eigenvalue weighted by molar-refractivity contribution is 5.09. The van der Waals surface area contributed by atoms with Crippen LogP contribution in [0.4, 0.5) is 0 Å². The molecule has 1 aromatic rings. The topological polar surface area (TPSA) is 50.1 Å². The number of hydrogen-bond acceptors (Lipinski definition) is 3. The van der Waals surface area contributed by atoms with Crippen molar-refractivity contribution in [3.8, 4) is 0 Å². The number of aliphatic hydroxyl groups excluding tert-OH is 1. The van der Waals surface area contributed by atoms with E-state index in [1.165, 1.54) is 18.5 Å². The summed E-state index contributed by atoms with van der Waals surface area (Å²) in [7, 11) is 0. The third kappa shape index (κ3) is 2.69. The van der Waals surface area contributed by atoms with Crippen molar-refractivity contribution in [2.24, 2.45) is 0 Å². The van der Waals surface area contributed by atoms with Gasteiger partial charge in [-0.2, -0.15) is 5.10 Å². The van der Waals surface area contributed by atoms with Crippen LogP contribution in [0.1, 0.15) is 44.0 Å². The van der Waals surface area contributed by atoms with E-state index in [1.54, 1.807) is 0 Å². The van der Waals surface area contributed by atoms with Gasteiger partial charge in [0.05, 0.1) is 18.0 Å². The van der Waals surface area contributed by atoms with E-state index in [-0.39, 0.29) is 12.1 Å². The zero-order valence-electron chi connectivity index (χ0n) is 10.9. The van der Waals surface area contributed by atoms with Crippen molar-refractivity contribution >= 4 is 0 Å². The minimum absolute atomic E-state index is 0.0449. The van der Waals surface area contributed by atoms with Gasteiger partial charge in [0.15, 0.2) is 0 Å². The molecule has 96 valence electrons. The Morgan fingerprint density at radius 3 is 2.76 bits per heavy atom. The van der Waals surface area contributed by atoms with Crippen molar-refractivity contribution in [3.05, 3.63) is 17.5 Å². The average molecular weight is 237 g/mol. The van der Waals surface area contributed by atoms with Crippen molar-refractivity contribution < 1.29 is 5.11 Å². The van der Waals surface area contributed by atoms with Crippen molar-refractivity contribution in [2.75, 3.05) is 6.61 Å². The number of rotatable bonds is 5. The summed E-state index contributed by atoms with van der Waals surface area (Å²) >= 11 is 0. The maximum atomic E-state index is 9.54. The summed E-state index contributed by atoms with van der Waals surface area (Å²) < 4.78 is 2.03. The van der Waals surface area contributed by atoms with Gasteiger partial charge in [0.25, 0.3) is 0 Å². The van der Waals surface area contributed by atoms with Gasteiger partial charge in [0.1, 0.15) is 0 Å². The van der Waals surface area contributed by atoms with E-state index in [1.807, 2.05) is 11.6 Å². The Hall–Kier alpha value is -0.870. The van der Waals surface area contributed by atoms with Crippen LogP contribution in [-0.2, 0) is 13.1 Å². The first-order chi connectivity index (χ1) is 8.19. The summed E-state index contributed by atoms with van der Waals surface area (Å²) in [6.07, 6.45) is 4.62. The molecule has 1 saturated carbocycles. The van der Waals surface area contributed by atoms with Crippen LogP contribution >= 0.6 is 0 Å². The lowest BCUT2D eigenvalue weighted by Gasteiger charge is -2.28. The minimum Gasteiger partial charge on any atom is -0.394 e. The molecule has 0 saturated heterocycles. The Morgan fingerprint density at radius 2 is 2.18 bits per heavy atom. The van der Waals surface area contributed by atoms with E-state index >= 15 is 0 Å². The van der Waals surface area contributed by atoms with Crippen molar-refractivity contribution in [1.82, 2.24) is 15.1 Å². The van der Waals surface area contributed by atoms with Gasteiger partial charge in [0.2, 0.25) is 0 Å². The molecule has 1 aliphatic carbocycles. The lowest BCUT2D eigenvalue weighted by atomic mass is 9.99. The van der Waals surface area contributed by atoms with Crippen molar-refractivity contribution in [2.45, 2.75) is 58.2 Å². The van der Waals surface area contributed by atoms with Gasteiger partial charge >= 0.3 is 0 Å². The average Bonchev–Trinajstić information content (AvgIpc) is 2.93. The third-order valence-corrected chi connectivity index (χ3v) is 3.79. The van der Waals surface area contributed by atoms with Gasteiger partial charge in [0, 0.05) is 18.6 Å². The molecule has 1 fully saturated rings. The molecule has 4 nitrogen and oxygen atoms in total. The number of nitrogens with zero attached hydrogens (tertiary/aromatic N) is 2. The molecular weight excluding hydrogens is 214 g/mol. The predicted molar refractivity (Wildman–Crippen MR) is 67.8 cm³/mol. The summed E-state index contributed by atoms with van der Waals surface area (Å²) in [5, 5.41) is 17.5. The van der Waals surface area contributed by atoms with E-state index in [4.69, 9.17) is 0 Å². The van der Waals surface area contributed by atoms with Crippen molar-refractivity contribution in [1.29, 1.82) is 0 Å². The van der Waals surface area contributed by atoms with Gasteiger partial charge in [-0.25, -0.2) is 0 Å². The molecule has 1 heterocycles. The standard InChI is InChI=1S/C13H23N3O/c1-3-16-12(8-11(2)15-16)9-14-13(10-17)6-4-5-7-13/h8,14,17H,3-7,9-10H2,1-2H3. The van der Waals surface area contributed by atoms with Gasteiger partial charge in [-0.1, -0.05) is 12.8 Å². The predicted octanol–water partition coefficient (Wildman–Crippen LogP) is 1.61. The van der Waals surface area contributed by atoms with Gasteiger partial charge in [-0.05, 0) is 32.8 Å². The fraction of sp³-hybridized carbons (Fsp3) is 0.769. The first-order valence-electron chi connectivity index (χ1n) is 6.58. The van der Waals surface area contributed by atoms with E-state index in [0.717, 1.165) is 31.6 Å². The summed E-state index contributed by atoms with van der Waals surface area (Å²) in [6.45, 7) is 6.07. The SMILES string of the molecule is CCn1nc(C)cc1CNC1(CO)CCCC1. The fourth-order valence-corrected chi connectivity index (χ4v) is 2.74. The summed E-state index contributed by atoms with van der Waals surface area (Å²) in [6, 6.07) is 2.12. The number of aromatic nitrogens is 2. The molecule has 1 aromatic heterocycles. The van der Waals surface area contributed by atoms with Crippen molar-refractivity contribution in [3.63, 3.8) is 0 Å². The van der Waals surface area contributed by atoms with Crippen LogP contribution in [0.5, 0.6) is 0 Å². The second-order valence-corrected chi connectivity index (χ2v) is 5.09. The quantitative estimate of drug-likeness (QED) is 0.818. The molecule has 0 spiro atoms. The number of hydrogen-bond donors (Lipinski definition) is 2. The van der Waals surface area contributed by atoms with Gasteiger partial charge in [-0.3, -0.25) is 4.68 Å². The number of nitrogens with one attached hydrogen (secondary N) is 1. The van der Waals surface area contributed by atoms with Crippen LogP contribution in [0.15, 0.2) is 6.07 Å².